The summed E-state index contributed by atoms with van der Waals surface area (Å²) in [4.78, 5) is 31.7. The number of nitrogens with zero attached hydrogens (tertiary/aromatic N) is 2. The minimum absolute atomic E-state index is 0.00569. The van der Waals surface area contributed by atoms with E-state index in [-0.39, 0.29) is 11.7 Å². The molecule has 1 aromatic heterocycles. The molecule has 5 heteroatoms. The first kappa shape index (κ1) is 22.5. The normalized spacial score (nSPS) is 13.4. The van der Waals surface area contributed by atoms with Crippen molar-refractivity contribution in [2.45, 2.75) is 40.3 Å². The Hall–Kier alpha value is -3.73. The van der Waals surface area contributed by atoms with Crippen molar-refractivity contribution in [1.82, 2.24) is 9.88 Å². The first-order chi connectivity index (χ1) is 15.9. The number of hydrogen-bond acceptors (Lipinski definition) is 4. The quantitative estimate of drug-likeness (QED) is 0.499. The number of amides is 1. The Morgan fingerprint density at radius 3 is 2.36 bits per heavy atom. The highest BCUT2D eigenvalue weighted by Gasteiger charge is 2.25. The van der Waals surface area contributed by atoms with Crippen molar-refractivity contribution in [2.24, 2.45) is 0 Å². The molecule has 2 aromatic carbocycles. The number of hydrogen-bond donors (Lipinski definition) is 1. The molecule has 0 bridgehead atoms. The molecule has 0 saturated heterocycles. The number of Topliss-reactive ketones (excluding diaryl/α,β-unsaturated/α-hetero) is 1. The van der Waals surface area contributed by atoms with E-state index in [4.69, 9.17) is 0 Å². The molecule has 0 unspecified atom stereocenters. The Balaban J connectivity index is 1.62. The summed E-state index contributed by atoms with van der Waals surface area (Å²) >= 11 is 0. The lowest BCUT2D eigenvalue weighted by Gasteiger charge is -2.17. The zero-order valence-corrected chi connectivity index (χ0v) is 19.6. The Morgan fingerprint density at radius 2 is 1.73 bits per heavy atom. The van der Waals surface area contributed by atoms with Crippen LogP contribution in [0.3, 0.4) is 0 Å². The van der Waals surface area contributed by atoms with Crippen LogP contribution in [0.1, 0.15) is 54.4 Å². The van der Waals surface area contributed by atoms with E-state index >= 15 is 0 Å². The number of nitrogens with one attached hydrogen (secondary N) is 1. The minimum atomic E-state index is 0.00569. The molecule has 5 nitrogen and oxygen atoms in total. The van der Waals surface area contributed by atoms with Crippen molar-refractivity contribution < 1.29 is 9.59 Å². The van der Waals surface area contributed by atoms with Gasteiger partial charge in [0.1, 0.15) is 0 Å². The van der Waals surface area contributed by atoms with Gasteiger partial charge in [0.2, 0.25) is 0 Å². The molecule has 1 N–H and O–H groups in total. The van der Waals surface area contributed by atoms with E-state index in [1.807, 2.05) is 67.4 Å². The van der Waals surface area contributed by atoms with Gasteiger partial charge >= 0.3 is 0 Å². The van der Waals surface area contributed by atoms with Crippen LogP contribution in [0, 0.1) is 0 Å². The first-order valence-corrected chi connectivity index (χ1v) is 11.3. The number of rotatable bonds is 6. The third-order valence-corrected chi connectivity index (χ3v) is 6.31. The topological polar surface area (TPSA) is 62.3 Å². The summed E-state index contributed by atoms with van der Waals surface area (Å²) in [6.07, 6.45) is 2.58. The van der Waals surface area contributed by atoms with E-state index in [1.165, 1.54) is 0 Å². The van der Waals surface area contributed by atoms with Gasteiger partial charge in [0.05, 0.1) is 12.2 Å². The highest BCUT2D eigenvalue weighted by Crippen LogP contribution is 2.33. The lowest BCUT2D eigenvalue weighted by molar-refractivity contribution is -0.111. The van der Waals surface area contributed by atoms with Gasteiger partial charge in [0, 0.05) is 42.2 Å². The van der Waals surface area contributed by atoms with Crippen LogP contribution >= 0.6 is 0 Å². The molecule has 1 aliphatic rings. The van der Waals surface area contributed by atoms with Gasteiger partial charge in [0.25, 0.3) is 5.91 Å². The molecule has 2 heterocycles. The van der Waals surface area contributed by atoms with E-state index in [1.54, 1.807) is 13.1 Å². The molecule has 168 valence electrons. The van der Waals surface area contributed by atoms with Crippen molar-refractivity contribution in [3.05, 3.63) is 88.8 Å². The van der Waals surface area contributed by atoms with Crippen molar-refractivity contribution in [3.8, 4) is 11.1 Å². The van der Waals surface area contributed by atoms with Crippen LogP contribution in [0.2, 0.25) is 0 Å². The SMILES string of the molecule is CC/C(C)=C(\C(C)=O)c1cc(-c2ccc(C(=O)N3Cc4cccnc4C3)cc2)ccc1NC. The zero-order valence-electron chi connectivity index (χ0n) is 19.6. The summed E-state index contributed by atoms with van der Waals surface area (Å²) in [5.74, 6) is 0.0659. The average molecular weight is 440 g/mol. The number of anilines is 1. The summed E-state index contributed by atoms with van der Waals surface area (Å²) < 4.78 is 0. The van der Waals surface area contributed by atoms with Gasteiger partial charge in [-0.25, -0.2) is 0 Å². The number of allylic oxidation sites excluding steroid dienone is 2. The Bertz CT molecular complexity index is 1220. The van der Waals surface area contributed by atoms with E-state index < -0.39 is 0 Å². The van der Waals surface area contributed by atoms with E-state index in [9.17, 15) is 9.59 Å². The molecule has 0 saturated carbocycles. The molecule has 1 aliphatic heterocycles. The number of carbonyl (C=O) groups is 2. The highest BCUT2D eigenvalue weighted by atomic mass is 16.2. The number of benzene rings is 2. The van der Waals surface area contributed by atoms with Crippen LogP contribution in [-0.2, 0) is 17.9 Å². The summed E-state index contributed by atoms with van der Waals surface area (Å²) in [7, 11) is 1.87. The van der Waals surface area contributed by atoms with Crippen molar-refractivity contribution in [2.75, 3.05) is 12.4 Å². The molecule has 1 amide bonds. The molecular formula is C28H29N3O2. The van der Waals surface area contributed by atoms with E-state index in [0.717, 1.165) is 51.2 Å². The van der Waals surface area contributed by atoms with Crippen LogP contribution < -0.4 is 5.32 Å². The van der Waals surface area contributed by atoms with E-state index in [0.29, 0.717) is 18.7 Å². The first-order valence-electron chi connectivity index (χ1n) is 11.3. The van der Waals surface area contributed by atoms with Crippen LogP contribution in [-0.4, -0.2) is 28.6 Å². The highest BCUT2D eigenvalue weighted by molar-refractivity contribution is 6.22. The van der Waals surface area contributed by atoms with Gasteiger partial charge in [-0.05, 0) is 67.3 Å². The number of ketones is 1. The minimum Gasteiger partial charge on any atom is -0.388 e. The predicted molar refractivity (Wildman–Crippen MR) is 133 cm³/mol. The summed E-state index contributed by atoms with van der Waals surface area (Å²) in [6, 6.07) is 17.7. The van der Waals surface area contributed by atoms with Gasteiger partial charge in [-0.1, -0.05) is 36.8 Å². The summed E-state index contributed by atoms with van der Waals surface area (Å²) in [5.41, 5.74) is 8.39. The van der Waals surface area contributed by atoms with Gasteiger partial charge in [0.15, 0.2) is 5.78 Å². The lowest BCUT2D eigenvalue weighted by atomic mass is 9.91. The number of carbonyl (C=O) groups excluding carboxylic acids is 2. The standard InChI is InChI=1S/C28H29N3O2/c1-5-18(2)27(19(3)32)24-15-22(12-13-25(24)29-4)20-8-10-21(11-9-20)28(33)31-16-23-7-6-14-30-26(23)17-31/h6-15,29H,5,16-17H2,1-4H3/b27-18+. The zero-order chi connectivity index (χ0) is 23.5. The van der Waals surface area contributed by atoms with Gasteiger partial charge in [-0.2, -0.15) is 0 Å². The molecule has 3 aromatic rings. The molecule has 0 radical (unpaired) electrons. The molecular weight excluding hydrogens is 410 g/mol. The van der Waals surface area contributed by atoms with Gasteiger partial charge < -0.3 is 10.2 Å². The summed E-state index contributed by atoms with van der Waals surface area (Å²) in [6.45, 7) is 6.83. The fourth-order valence-electron chi connectivity index (χ4n) is 4.38. The maximum atomic E-state index is 13.0. The number of aromatic nitrogens is 1. The van der Waals surface area contributed by atoms with E-state index in [2.05, 4.69) is 23.3 Å². The van der Waals surface area contributed by atoms with Crippen LogP contribution in [0.15, 0.2) is 66.4 Å². The second kappa shape index (κ2) is 9.41. The summed E-state index contributed by atoms with van der Waals surface area (Å²) in [5, 5.41) is 3.21. The molecule has 33 heavy (non-hydrogen) atoms. The van der Waals surface area contributed by atoms with Crippen molar-refractivity contribution in [3.63, 3.8) is 0 Å². The molecule has 0 aliphatic carbocycles. The molecule has 0 spiro atoms. The number of pyridine rings is 1. The smallest absolute Gasteiger partial charge is 0.254 e. The van der Waals surface area contributed by atoms with Gasteiger partial charge in [-0.3, -0.25) is 14.6 Å². The molecule has 4 rings (SSSR count). The monoisotopic (exact) mass is 439 g/mol. The Kier molecular flexibility index (Phi) is 6.40. The molecule has 0 fully saturated rings. The Labute approximate surface area is 195 Å². The molecule has 0 atom stereocenters. The van der Waals surface area contributed by atoms with Crippen molar-refractivity contribution in [1.29, 1.82) is 0 Å². The third kappa shape index (κ3) is 4.44. The number of fused-ring (bicyclic) bond motifs is 1. The van der Waals surface area contributed by atoms with Crippen molar-refractivity contribution >= 4 is 23.0 Å². The van der Waals surface area contributed by atoms with Crippen LogP contribution in [0.25, 0.3) is 16.7 Å². The maximum absolute atomic E-state index is 13.0. The fourth-order valence-corrected chi connectivity index (χ4v) is 4.38. The Morgan fingerprint density at radius 1 is 1.00 bits per heavy atom. The van der Waals surface area contributed by atoms with Crippen LogP contribution in [0.5, 0.6) is 0 Å². The largest absolute Gasteiger partial charge is 0.388 e. The maximum Gasteiger partial charge on any atom is 0.254 e. The predicted octanol–water partition coefficient (Wildman–Crippen LogP) is 5.72. The average Bonchev–Trinajstić information content (AvgIpc) is 3.28. The fraction of sp³-hybridized carbons (Fsp3) is 0.250. The lowest BCUT2D eigenvalue weighted by Crippen LogP contribution is -2.25. The third-order valence-electron chi connectivity index (χ3n) is 6.31. The van der Waals surface area contributed by atoms with Crippen LogP contribution in [0.4, 0.5) is 5.69 Å². The second-order valence-corrected chi connectivity index (χ2v) is 8.42. The van der Waals surface area contributed by atoms with Gasteiger partial charge in [-0.15, -0.1) is 0 Å². The second-order valence-electron chi connectivity index (χ2n) is 8.42.